The van der Waals surface area contributed by atoms with Gasteiger partial charge in [-0.2, -0.15) is 0 Å². The molecule has 0 radical (unpaired) electrons. The maximum Gasteiger partial charge on any atom is 0.193 e. The number of methoxy groups -OCH3 is 1. The summed E-state index contributed by atoms with van der Waals surface area (Å²) in [6.07, 6.45) is 1.14. The number of H-pyrrole nitrogens is 1. The summed E-state index contributed by atoms with van der Waals surface area (Å²) in [7, 11) is 1.57. The van der Waals surface area contributed by atoms with Crippen molar-refractivity contribution in [2.45, 2.75) is 30.8 Å². The summed E-state index contributed by atoms with van der Waals surface area (Å²) in [4.78, 5) is 7.63. The molecule has 1 unspecified atom stereocenters. The monoisotopic (exact) mass is 468 g/mol. The average molecular weight is 468 g/mol. The van der Waals surface area contributed by atoms with Crippen LogP contribution in [0.15, 0.2) is 36.4 Å². The van der Waals surface area contributed by atoms with Gasteiger partial charge in [0.15, 0.2) is 17.8 Å². The van der Waals surface area contributed by atoms with Crippen LogP contribution in [-0.4, -0.2) is 73.0 Å². The Morgan fingerprint density at radius 3 is 2.85 bits per heavy atom. The summed E-state index contributed by atoms with van der Waals surface area (Å²) in [6.45, 7) is 1.80. The van der Waals surface area contributed by atoms with Gasteiger partial charge >= 0.3 is 0 Å². The van der Waals surface area contributed by atoms with Gasteiger partial charge in [-0.05, 0) is 29.7 Å². The molecule has 3 aliphatic rings. The molecule has 6 rings (SSSR count). The first-order chi connectivity index (χ1) is 16.6. The normalized spacial score (nSPS) is 26.5. The van der Waals surface area contributed by atoms with Crippen molar-refractivity contribution in [1.29, 1.82) is 0 Å². The van der Waals surface area contributed by atoms with Gasteiger partial charge in [0.1, 0.15) is 29.8 Å². The third-order valence-corrected chi connectivity index (χ3v) is 6.58. The molecular formula is C25H25FN2O6. The first kappa shape index (κ1) is 21.5. The molecule has 2 aromatic heterocycles. The third kappa shape index (κ3) is 3.74. The van der Waals surface area contributed by atoms with Gasteiger partial charge in [0, 0.05) is 17.7 Å². The number of halogens is 1. The van der Waals surface area contributed by atoms with Crippen LogP contribution in [0.1, 0.15) is 12.0 Å². The van der Waals surface area contributed by atoms with Gasteiger partial charge in [0.2, 0.25) is 0 Å². The number of nitrogens with zero attached hydrogens (tertiary/aromatic N) is 1. The quantitative estimate of drug-likeness (QED) is 0.594. The predicted octanol–water partition coefficient (Wildman–Crippen LogP) is 3.09. The van der Waals surface area contributed by atoms with Crippen molar-refractivity contribution in [2.24, 2.45) is 0 Å². The minimum absolute atomic E-state index is 0.203. The predicted molar refractivity (Wildman–Crippen MR) is 121 cm³/mol. The molecule has 178 valence electrons. The molecule has 5 heterocycles. The van der Waals surface area contributed by atoms with Crippen LogP contribution in [0.3, 0.4) is 0 Å². The van der Waals surface area contributed by atoms with E-state index >= 15 is 4.39 Å². The van der Waals surface area contributed by atoms with Crippen LogP contribution in [0, 0.1) is 5.82 Å². The van der Waals surface area contributed by atoms with Gasteiger partial charge in [0.05, 0.1) is 44.6 Å². The van der Waals surface area contributed by atoms with Crippen LogP contribution in [0.5, 0.6) is 11.6 Å². The topological polar surface area (TPSA) is 95.1 Å². The third-order valence-electron chi connectivity index (χ3n) is 6.58. The van der Waals surface area contributed by atoms with Gasteiger partial charge in [-0.1, -0.05) is 12.1 Å². The van der Waals surface area contributed by atoms with Crippen LogP contribution in [-0.2, 0) is 14.2 Å². The summed E-state index contributed by atoms with van der Waals surface area (Å²) >= 11 is 0. The largest absolute Gasteiger partial charge is 0.496 e. The maximum atomic E-state index is 15.1. The van der Waals surface area contributed by atoms with Gasteiger partial charge < -0.3 is 33.8 Å². The molecule has 8 nitrogen and oxygen atoms in total. The van der Waals surface area contributed by atoms with Crippen molar-refractivity contribution in [3.63, 3.8) is 0 Å². The minimum Gasteiger partial charge on any atom is -0.496 e. The number of aliphatic hydroxyl groups is 1. The molecule has 0 bridgehead atoms. The number of aromatic amines is 1. The van der Waals surface area contributed by atoms with Crippen LogP contribution >= 0.6 is 0 Å². The highest BCUT2D eigenvalue weighted by molar-refractivity contribution is 5.83. The van der Waals surface area contributed by atoms with Crippen molar-refractivity contribution in [1.82, 2.24) is 9.97 Å². The van der Waals surface area contributed by atoms with Gasteiger partial charge in [0.25, 0.3) is 0 Å². The zero-order chi connectivity index (χ0) is 23.2. The maximum absolute atomic E-state index is 15.1. The van der Waals surface area contributed by atoms with Crippen LogP contribution in [0.25, 0.3) is 27.9 Å². The van der Waals surface area contributed by atoms with Crippen molar-refractivity contribution in [3.8, 4) is 22.9 Å². The number of aliphatic hydroxyl groups excluding tert-OH is 1. The summed E-state index contributed by atoms with van der Waals surface area (Å²) < 4.78 is 43.4. The Balaban J connectivity index is 1.29. The molecule has 2 fully saturated rings. The smallest absolute Gasteiger partial charge is 0.193 e. The highest BCUT2D eigenvalue weighted by atomic mass is 19.1. The van der Waals surface area contributed by atoms with E-state index in [1.807, 2.05) is 18.2 Å². The highest BCUT2D eigenvalue weighted by Crippen LogP contribution is 2.36. The van der Waals surface area contributed by atoms with Crippen molar-refractivity contribution >= 4 is 16.6 Å². The Kier molecular flexibility index (Phi) is 5.49. The molecular weight excluding hydrogens is 443 g/mol. The lowest BCUT2D eigenvalue weighted by Crippen LogP contribution is -2.34. The standard InChI is InChI=1S/C25H25FN2O6/c1-30-20-8-14(13-4-6-31-7-5-13)2-3-15(20)23-16(26)9-17-18(28-23)10-22(27-17)34-21-12-33-24-19(29)11-32-25(21)24/h2-4,8-10,19,21,24-25,27,29H,5-7,11-12H2,1H3/t19-,21-,24?,25-/m1/s1. The first-order valence-corrected chi connectivity index (χ1v) is 11.3. The molecule has 1 aromatic carbocycles. The number of hydrogen-bond acceptors (Lipinski definition) is 7. The van der Waals surface area contributed by atoms with Crippen LogP contribution in [0.4, 0.5) is 4.39 Å². The lowest BCUT2D eigenvalue weighted by molar-refractivity contribution is 0.00794. The molecule has 3 aromatic rings. The molecule has 3 aliphatic heterocycles. The van der Waals surface area contributed by atoms with Gasteiger partial charge in [-0.25, -0.2) is 9.37 Å². The molecule has 0 amide bonds. The van der Waals surface area contributed by atoms with E-state index in [1.54, 1.807) is 13.2 Å². The Morgan fingerprint density at radius 2 is 2.03 bits per heavy atom. The van der Waals surface area contributed by atoms with Crippen LogP contribution < -0.4 is 9.47 Å². The number of hydrogen-bond donors (Lipinski definition) is 2. The SMILES string of the molecule is COc1cc(C2=CCOCC2)ccc1-c1nc2cc(O[C@@H]3COC4[C@H](O)CO[C@@H]43)[nH]c2cc1F. The van der Waals surface area contributed by atoms with Crippen molar-refractivity contribution in [3.05, 3.63) is 47.8 Å². The summed E-state index contributed by atoms with van der Waals surface area (Å²) in [5.74, 6) is 0.518. The molecule has 0 aliphatic carbocycles. The Morgan fingerprint density at radius 1 is 1.15 bits per heavy atom. The van der Waals surface area contributed by atoms with Crippen molar-refractivity contribution < 1.29 is 33.2 Å². The lowest BCUT2D eigenvalue weighted by Gasteiger charge is -2.16. The van der Waals surface area contributed by atoms with Crippen LogP contribution in [0.2, 0.25) is 0 Å². The highest BCUT2D eigenvalue weighted by Gasteiger charge is 2.48. The summed E-state index contributed by atoms with van der Waals surface area (Å²) in [6, 6.07) is 8.84. The number of aromatic nitrogens is 2. The van der Waals surface area contributed by atoms with Crippen molar-refractivity contribution in [2.75, 3.05) is 33.5 Å². The second kappa shape index (κ2) is 8.66. The first-order valence-electron chi connectivity index (χ1n) is 11.3. The Bertz CT molecular complexity index is 1260. The number of ether oxygens (including phenoxy) is 5. The van der Waals surface area contributed by atoms with E-state index in [4.69, 9.17) is 23.7 Å². The fourth-order valence-electron chi connectivity index (χ4n) is 4.84. The summed E-state index contributed by atoms with van der Waals surface area (Å²) in [5.41, 5.74) is 4.06. The number of fused-ring (bicyclic) bond motifs is 2. The van der Waals surface area contributed by atoms with Gasteiger partial charge in [-0.3, -0.25) is 0 Å². The molecule has 4 atom stereocenters. The lowest BCUT2D eigenvalue weighted by atomic mass is 9.98. The van der Waals surface area contributed by atoms with E-state index in [1.165, 1.54) is 11.6 Å². The van der Waals surface area contributed by atoms with E-state index in [-0.39, 0.29) is 30.6 Å². The molecule has 2 saturated heterocycles. The van der Waals surface area contributed by atoms with E-state index in [0.717, 1.165) is 12.0 Å². The zero-order valence-corrected chi connectivity index (χ0v) is 18.6. The summed E-state index contributed by atoms with van der Waals surface area (Å²) in [5, 5.41) is 9.92. The second-order valence-electron chi connectivity index (χ2n) is 8.67. The minimum atomic E-state index is -0.649. The number of benzene rings is 1. The molecule has 9 heteroatoms. The average Bonchev–Trinajstić information content (AvgIpc) is 3.55. The second-order valence-corrected chi connectivity index (χ2v) is 8.67. The fraction of sp³-hybridized carbons (Fsp3) is 0.400. The fourth-order valence-corrected chi connectivity index (χ4v) is 4.84. The molecule has 0 spiro atoms. The molecule has 0 saturated carbocycles. The Labute approximate surface area is 195 Å². The van der Waals surface area contributed by atoms with Gasteiger partial charge in [-0.15, -0.1) is 0 Å². The number of pyridine rings is 1. The van der Waals surface area contributed by atoms with E-state index in [0.29, 0.717) is 48.0 Å². The van der Waals surface area contributed by atoms with E-state index in [9.17, 15) is 5.11 Å². The molecule has 34 heavy (non-hydrogen) atoms. The number of rotatable bonds is 5. The molecule has 2 N–H and O–H groups in total. The van der Waals surface area contributed by atoms with E-state index < -0.39 is 11.9 Å². The van der Waals surface area contributed by atoms with E-state index in [2.05, 4.69) is 16.0 Å². The Hall–Kier alpha value is -2.98. The number of nitrogens with one attached hydrogen (secondary N) is 1. The zero-order valence-electron chi connectivity index (χ0n) is 18.6.